The second kappa shape index (κ2) is 35.6. The molecule has 0 amide bonds. The van der Waals surface area contributed by atoms with Crippen LogP contribution in [0.1, 0.15) is 300 Å². The van der Waals surface area contributed by atoms with Gasteiger partial charge in [-0.2, -0.15) is 0 Å². The number of benzene rings is 11. The molecule has 0 heterocycles. The lowest BCUT2D eigenvalue weighted by Crippen LogP contribution is -2.29. The highest BCUT2D eigenvalue weighted by molar-refractivity contribution is 5.92. The van der Waals surface area contributed by atoms with E-state index in [0.29, 0.717) is 0 Å². The monoisotopic (exact) mass is 1480 g/mol. The van der Waals surface area contributed by atoms with Crippen LogP contribution in [0.15, 0.2) is 218 Å². The van der Waals surface area contributed by atoms with Gasteiger partial charge in [-0.05, 0) is 280 Å². The van der Waals surface area contributed by atoms with Crippen LogP contribution < -0.4 is 9.80 Å². The van der Waals surface area contributed by atoms with Crippen molar-refractivity contribution in [3.63, 3.8) is 0 Å². The van der Waals surface area contributed by atoms with Crippen LogP contribution in [0.5, 0.6) is 0 Å². The third-order valence-corrected chi connectivity index (χ3v) is 25.6. The van der Waals surface area contributed by atoms with Crippen LogP contribution in [0.2, 0.25) is 0 Å². The summed E-state index contributed by atoms with van der Waals surface area (Å²) in [7, 11) is 0. The summed E-state index contributed by atoms with van der Waals surface area (Å²) in [6.07, 6.45) is 30.1. The van der Waals surface area contributed by atoms with Crippen molar-refractivity contribution in [3.05, 3.63) is 307 Å². The van der Waals surface area contributed by atoms with Crippen LogP contribution in [-0.4, -0.2) is 0 Å². The molecule has 0 bridgehead atoms. The molecule has 13 rings (SSSR count). The lowest BCUT2D eigenvalue weighted by atomic mass is 9.67. The van der Waals surface area contributed by atoms with E-state index in [1.54, 1.807) is 5.56 Å². The molecule has 2 aliphatic rings. The first-order chi connectivity index (χ1) is 54.1. The quantitative estimate of drug-likeness (QED) is 0.0371. The fraction of sp³-hybridized carbons (Fsp3) is 0.400. The Morgan fingerprint density at radius 1 is 0.268 bits per heavy atom. The zero-order chi connectivity index (χ0) is 78.9. The molecule has 0 N–H and O–H groups in total. The number of fused-ring (bicyclic) bond motifs is 6. The van der Waals surface area contributed by atoms with Gasteiger partial charge >= 0.3 is 0 Å². The number of unbranched alkanes of at least 4 members (excludes halogenated alkanes) is 16. The smallest absolute Gasteiger partial charge is 0.0713 e. The van der Waals surface area contributed by atoms with E-state index in [2.05, 4.69) is 339 Å². The molecule has 2 aliphatic carbocycles. The summed E-state index contributed by atoms with van der Waals surface area (Å²) >= 11 is 0. The summed E-state index contributed by atoms with van der Waals surface area (Å²) in [5, 5.41) is 0. The Morgan fingerprint density at radius 3 is 0.946 bits per heavy atom. The van der Waals surface area contributed by atoms with Gasteiger partial charge in [0.15, 0.2) is 0 Å². The molecule has 0 fully saturated rings. The Bertz CT molecular complexity index is 4870. The number of hydrogen-bond acceptors (Lipinski definition) is 2. The Morgan fingerprint density at radius 2 is 0.562 bits per heavy atom. The minimum Gasteiger partial charge on any atom is -0.310 e. The molecule has 0 saturated heterocycles. The van der Waals surface area contributed by atoms with Gasteiger partial charge in [0.05, 0.1) is 16.8 Å². The van der Waals surface area contributed by atoms with Crippen molar-refractivity contribution in [1.82, 2.24) is 0 Å². The highest BCUT2D eigenvalue weighted by Gasteiger charge is 2.47. The van der Waals surface area contributed by atoms with E-state index in [9.17, 15) is 0 Å². The molecule has 0 aliphatic heterocycles. The molecule has 11 aromatic carbocycles. The summed E-state index contributed by atoms with van der Waals surface area (Å²) in [4.78, 5) is 5.00. The molecule has 112 heavy (non-hydrogen) atoms. The first kappa shape index (κ1) is 81.0. The van der Waals surface area contributed by atoms with Gasteiger partial charge < -0.3 is 9.80 Å². The molecular weight excluding hydrogens is 1350 g/mol. The van der Waals surface area contributed by atoms with E-state index >= 15 is 0 Å². The van der Waals surface area contributed by atoms with Gasteiger partial charge in [-0.3, -0.25) is 0 Å². The summed E-state index contributed by atoms with van der Waals surface area (Å²) in [5.41, 5.74) is 39.0. The van der Waals surface area contributed by atoms with Crippen LogP contribution in [0, 0.1) is 41.5 Å². The number of anilines is 6. The Kier molecular flexibility index (Phi) is 25.8. The predicted octanol–water partition coefficient (Wildman–Crippen LogP) is 32.8. The topological polar surface area (TPSA) is 6.48 Å². The second-order valence-electron chi connectivity index (χ2n) is 36.2. The molecular formula is C110H132N2. The van der Waals surface area contributed by atoms with Crippen LogP contribution in [0.25, 0.3) is 44.5 Å². The molecule has 2 heteroatoms. The first-order valence-corrected chi connectivity index (χ1v) is 44.0. The van der Waals surface area contributed by atoms with Crippen LogP contribution in [0.4, 0.5) is 34.1 Å². The molecule has 0 unspecified atom stereocenters. The van der Waals surface area contributed by atoms with Crippen LogP contribution >= 0.6 is 0 Å². The first-order valence-electron chi connectivity index (χ1n) is 44.0. The summed E-state index contributed by atoms with van der Waals surface area (Å²) in [6.45, 7) is 37.0. The highest BCUT2D eigenvalue weighted by Crippen LogP contribution is 2.60. The number of aryl methyl sites for hydroxylation is 8. The molecule has 11 aromatic rings. The van der Waals surface area contributed by atoms with E-state index in [1.165, 1.54) is 268 Å². The molecule has 0 saturated carbocycles. The van der Waals surface area contributed by atoms with Gasteiger partial charge in [0.1, 0.15) is 0 Å². The maximum atomic E-state index is 2.71. The zero-order valence-electron chi connectivity index (χ0n) is 71.6. The summed E-state index contributed by atoms with van der Waals surface area (Å²) in [6, 6.07) is 88.0. The lowest BCUT2D eigenvalue weighted by Gasteiger charge is -2.35. The Balaban J connectivity index is 0.916. The molecule has 2 nitrogen and oxygen atoms in total. The molecule has 0 atom stereocenters. The summed E-state index contributed by atoms with van der Waals surface area (Å²) < 4.78 is 0. The van der Waals surface area contributed by atoms with Crippen molar-refractivity contribution < 1.29 is 0 Å². The standard InChI is InChI=1S/C110H132N2/c1-17-21-25-29-31-35-67-109(68-36-32-30-26-22-18-2)101-74-86(85-46-57-94(58-47-85)112(106-81(9)72-92(73-82(106)10)108(14,15)16)96-61-59-95(60-62-96)111(93-55-39-77(5)40-56-93)105-79(7)70-91(71-80(105)8)107(11,12)13)48-64-97(101)98-65-49-87(75-102(98)109)88-50-66-100-99-63-41-78(6)69-103(99)110(104(100)76-88,89-51-42-83(43-52-89)37-33-27-23-19-3)90-53-44-84(45-54-90)38-34-28-24-20-4/h39-66,69-76H,17-38,67-68H2,1-16H3. The normalized spacial score (nSPS) is 13.3. The minimum atomic E-state index is -0.502. The average Bonchev–Trinajstić information content (AvgIpc) is 1.50. The van der Waals surface area contributed by atoms with Crippen LogP contribution in [0.3, 0.4) is 0 Å². The van der Waals surface area contributed by atoms with E-state index < -0.39 is 5.41 Å². The molecule has 0 spiro atoms. The van der Waals surface area contributed by atoms with Crippen molar-refractivity contribution in [2.45, 2.75) is 287 Å². The number of rotatable bonds is 34. The maximum absolute atomic E-state index is 2.71. The van der Waals surface area contributed by atoms with E-state index in [0.717, 1.165) is 48.4 Å². The zero-order valence-corrected chi connectivity index (χ0v) is 71.6. The fourth-order valence-corrected chi connectivity index (χ4v) is 19.2. The highest BCUT2D eigenvalue weighted by atomic mass is 15.2. The van der Waals surface area contributed by atoms with Gasteiger partial charge in [-0.15, -0.1) is 0 Å². The van der Waals surface area contributed by atoms with Crippen molar-refractivity contribution >= 4 is 34.1 Å². The largest absolute Gasteiger partial charge is 0.310 e. The second-order valence-corrected chi connectivity index (χ2v) is 36.2. The number of nitrogens with zero attached hydrogens (tertiary/aromatic N) is 2. The van der Waals surface area contributed by atoms with Gasteiger partial charge in [0.2, 0.25) is 0 Å². The third kappa shape index (κ3) is 17.1. The van der Waals surface area contributed by atoms with Gasteiger partial charge in [-0.25, -0.2) is 0 Å². The van der Waals surface area contributed by atoms with Crippen molar-refractivity contribution in [2.24, 2.45) is 0 Å². The third-order valence-electron chi connectivity index (χ3n) is 25.6. The molecule has 0 radical (unpaired) electrons. The predicted molar refractivity (Wildman–Crippen MR) is 488 cm³/mol. The fourth-order valence-electron chi connectivity index (χ4n) is 19.2. The van der Waals surface area contributed by atoms with E-state index in [-0.39, 0.29) is 16.2 Å². The Hall–Kier alpha value is -8.98. The SMILES string of the molecule is CCCCCCCCC1(CCCCCCCC)c2cc(-c3ccc(N(c4ccc(N(c5ccc(C)cc5)c5c(C)cc(C(C)(C)C)cc5C)cc4)c4c(C)cc(C(C)(C)C)cc4C)cc3)ccc2-c2ccc(-c3ccc4c(c3)C(c3ccc(CCCCCC)cc3)(c3ccc(CCCCCC)cc3)c3cc(C)ccc3-4)cc21. The maximum Gasteiger partial charge on any atom is 0.0713 e. The molecule has 582 valence electrons. The van der Waals surface area contributed by atoms with Crippen molar-refractivity contribution in [2.75, 3.05) is 9.80 Å². The van der Waals surface area contributed by atoms with Gasteiger partial charge in [-0.1, -0.05) is 348 Å². The van der Waals surface area contributed by atoms with Crippen molar-refractivity contribution in [1.29, 1.82) is 0 Å². The minimum absolute atomic E-state index is 0.00806. The van der Waals surface area contributed by atoms with Gasteiger partial charge in [0, 0.05) is 28.2 Å². The van der Waals surface area contributed by atoms with Crippen molar-refractivity contribution in [3.8, 4) is 44.5 Å². The van der Waals surface area contributed by atoms with Crippen LogP contribution in [-0.2, 0) is 34.5 Å². The summed E-state index contributed by atoms with van der Waals surface area (Å²) in [5.74, 6) is 0. The molecule has 0 aromatic heterocycles. The van der Waals surface area contributed by atoms with E-state index in [4.69, 9.17) is 0 Å². The van der Waals surface area contributed by atoms with Gasteiger partial charge in [0.25, 0.3) is 0 Å². The number of hydrogen-bond donors (Lipinski definition) is 0. The lowest BCUT2D eigenvalue weighted by molar-refractivity contribution is 0.398. The average molecular weight is 1480 g/mol. The van der Waals surface area contributed by atoms with E-state index in [1.807, 2.05) is 0 Å². The Labute approximate surface area is 678 Å².